The van der Waals surface area contributed by atoms with Gasteiger partial charge in [0.25, 0.3) is 5.91 Å². The molecule has 0 aliphatic heterocycles. The quantitative estimate of drug-likeness (QED) is 0.758. The molecule has 6 nitrogen and oxygen atoms in total. The average Bonchev–Trinajstić information content (AvgIpc) is 3.19. The number of aromatic amines is 1. The Balaban J connectivity index is 1.82. The van der Waals surface area contributed by atoms with Gasteiger partial charge in [-0.3, -0.25) is 9.89 Å². The highest BCUT2D eigenvalue weighted by atomic mass is 32.1. The number of carbonyl (C=O) groups is 1. The Bertz CT molecular complexity index is 667. The zero-order valence-electron chi connectivity index (χ0n) is 11.2. The van der Waals surface area contributed by atoms with Gasteiger partial charge in [-0.25, -0.2) is 0 Å². The molecule has 3 heterocycles. The van der Waals surface area contributed by atoms with Gasteiger partial charge in [0, 0.05) is 10.9 Å². The number of nitrogens with two attached hydrogens (primary N) is 1. The number of hydrogen-bond acceptors (Lipinski definition) is 5. The number of amides is 1. The second-order valence-electron chi connectivity index (χ2n) is 4.53. The minimum atomic E-state index is -0.163. The summed E-state index contributed by atoms with van der Waals surface area (Å²) in [6.45, 7) is 0.902. The molecule has 21 heavy (non-hydrogen) atoms. The van der Waals surface area contributed by atoms with Gasteiger partial charge >= 0.3 is 0 Å². The number of hydrogen-bond donors (Lipinski definition) is 2. The molecule has 3 aromatic rings. The van der Waals surface area contributed by atoms with Crippen LogP contribution in [-0.4, -0.2) is 21.0 Å². The number of H-pyrrole nitrogens is 1. The summed E-state index contributed by atoms with van der Waals surface area (Å²) in [5, 5.41) is 8.44. The molecule has 3 rings (SSSR count). The predicted molar refractivity (Wildman–Crippen MR) is 79.6 cm³/mol. The number of rotatable bonds is 5. The van der Waals surface area contributed by atoms with Crippen LogP contribution in [0.1, 0.15) is 21.1 Å². The number of furan rings is 1. The van der Waals surface area contributed by atoms with Crippen LogP contribution in [0.4, 0.5) is 5.82 Å². The van der Waals surface area contributed by atoms with Gasteiger partial charge in [0.1, 0.15) is 17.3 Å². The third kappa shape index (κ3) is 3.14. The maximum atomic E-state index is 12.6. The molecule has 0 radical (unpaired) electrons. The van der Waals surface area contributed by atoms with Crippen LogP contribution in [0.3, 0.4) is 0 Å². The van der Waals surface area contributed by atoms with E-state index in [0.717, 1.165) is 10.6 Å². The van der Waals surface area contributed by atoms with Crippen molar-refractivity contribution in [1.29, 1.82) is 0 Å². The molecule has 0 bridgehead atoms. The number of aromatic nitrogens is 2. The fraction of sp³-hybridized carbons (Fsp3) is 0.143. The highest BCUT2D eigenvalue weighted by molar-refractivity contribution is 7.09. The summed E-state index contributed by atoms with van der Waals surface area (Å²) in [6.07, 6.45) is 1.59. The van der Waals surface area contributed by atoms with Crippen molar-refractivity contribution < 1.29 is 9.21 Å². The van der Waals surface area contributed by atoms with E-state index >= 15 is 0 Å². The molecule has 1 amide bonds. The highest BCUT2D eigenvalue weighted by Gasteiger charge is 2.20. The Hall–Kier alpha value is -2.54. The number of thiophene rings is 1. The van der Waals surface area contributed by atoms with Crippen LogP contribution in [0.25, 0.3) is 0 Å². The van der Waals surface area contributed by atoms with Crippen LogP contribution in [0, 0.1) is 0 Å². The molecule has 0 unspecified atom stereocenters. The van der Waals surface area contributed by atoms with Crippen molar-refractivity contribution in [2.45, 2.75) is 13.1 Å². The first-order valence-electron chi connectivity index (χ1n) is 6.37. The summed E-state index contributed by atoms with van der Waals surface area (Å²) in [5.41, 5.74) is 5.93. The molecule has 0 saturated carbocycles. The van der Waals surface area contributed by atoms with Crippen LogP contribution in [0.15, 0.2) is 46.4 Å². The third-order valence-corrected chi connectivity index (χ3v) is 3.83. The van der Waals surface area contributed by atoms with Crippen molar-refractivity contribution in [3.05, 3.63) is 58.3 Å². The number of anilines is 1. The van der Waals surface area contributed by atoms with Crippen molar-refractivity contribution in [3.8, 4) is 0 Å². The minimum absolute atomic E-state index is 0.163. The van der Waals surface area contributed by atoms with Crippen molar-refractivity contribution >= 4 is 23.1 Å². The van der Waals surface area contributed by atoms with Gasteiger partial charge in [0.15, 0.2) is 0 Å². The summed E-state index contributed by atoms with van der Waals surface area (Å²) >= 11 is 1.61. The van der Waals surface area contributed by atoms with E-state index < -0.39 is 0 Å². The fourth-order valence-corrected chi connectivity index (χ4v) is 2.72. The van der Waals surface area contributed by atoms with E-state index in [-0.39, 0.29) is 5.91 Å². The van der Waals surface area contributed by atoms with Crippen LogP contribution in [-0.2, 0) is 13.1 Å². The lowest BCUT2D eigenvalue weighted by Crippen LogP contribution is -2.30. The predicted octanol–water partition coefficient (Wildman–Crippen LogP) is 2.49. The first-order valence-corrected chi connectivity index (χ1v) is 7.25. The van der Waals surface area contributed by atoms with Gasteiger partial charge in [-0.1, -0.05) is 6.07 Å². The van der Waals surface area contributed by atoms with E-state index in [1.54, 1.807) is 28.6 Å². The summed E-state index contributed by atoms with van der Waals surface area (Å²) in [6, 6.07) is 9.14. The van der Waals surface area contributed by atoms with Crippen molar-refractivity contribution in [1.82, 2.24) is 15.1 Å². The Labute approximate surface area is 125 Å². The minimum Gasteiger partial charge on any atom is -0.467 e. The first-order chi connectivity index (χ1) is 10.2. The van der Waals surface area contributed by atoms with Gasteiger partial charge < -0.3 is 15.1 Å². The molecule has 0 fully saturated rings. The molecule has 108 valence electrons. The largest absolute Gasteiger partial charge is 0.467 e. The number of nitrogen functional groups attached to an aromatic ring is 1. The molecule has 3 N–H and O–H groups in total. The molecule has 0 saturated heterocycles. The van der Waals surface area contributed by atoms with Crippen LogP contribution in [0.5, 0.6) is 0 Å². The summed E-state index contributed by atoms with van der Waals surface area (Å²) in [4.78, 5) is 15.4. The zero-order chi connectivity index (χ0) is 14.7. The van der Waals surface area contributed by atoms with E-state index in [1.165, 1.54) is 6.07 Å². The Morgan fingerprint density at radius 3 is 2.90 bits per heavy atom. The Kier molecular flexibility index (Phi) is 3.74. The van der Waals surface area contributed by atoms with Crippen LogP contribution in [0.2, 0.25) is 0 Å². The summed E-state index contributed by atoms with van der Waals surface area (Å²) < 4.78 is 5.33. The lowest BCUT2D eigenvalue weighted by Gasteiger charge is -2.20. The Morgan fingerprint density at radius 2 is 2.29 bits per heavy atom. The highest BCUT2D eigenvalue weighted by Crippen LogP contribution is 2.17. The van der Waals surface area contributed by atoms with Crippen LogP contribution >= 0.6 is 11.3 Å². The topological polar surface area (TPSA) is 88.2 Å². The molecule has 0 atom stereocenters. The monoisotopic (exact) mass is 302 g/mol. The molecule has 3 aromatic heterocycles. The molecule has 0 aliphatic rings. The molecule has 0 aromatic carbocycles. The van der Waals surface area contributed by atoms with E-state index in [2.05, 4.69) is 10.2 Å². The van der Waals surface area contributed by atoms with Crippen molar-refractivity contribution in [2.75, 3.05) is 5.73 Å². The summed E-state index contributed by atoms with van der Waals surface area (Å²) in [7, 11) is 0. The lowest BCUT2D eigenvalue weighted by molar-refractivity contribution is 0.0713. The second-order valence-corrected chi connectivity index (χ2v) is 5.56. The van der Waals surface area contributed by atoms with Gasteiger partial charge in [0.05, 0.1) is 19.4 Å². The van der Waals surface area contributed by atoms with E-state index in [1.807, 2.05) is 23.6 Å². The molecule has 0 spiro atoms. The van der Waals surface area contributed by atoms with E-state index in [0.29, 0.717) is 24.6 Å². The number of carbonyl (C=O) groups excluding carboxylic acids is 1. The maximum absolute atomic E-state index is 12.6. The Morgan fingerprint density at radius 1 is 1.38 bits per heavy atom. The van der Waals surface area contributed by atoms with Crippen LogP contribution < -0.4 is 5.73 Å². The maximum Gasteiger partial charge on any atom is 0.272 e. The smallest absolute Gasteiger partial charge is 0.272 e. The van der Waals surface area contributed by atoms with Crippen molar-refractivity contribution in [2.24, 2.45) is 0 Å². The average molecular weight is 302 g/mol. The lowest BCUT2D eigenvalue weighted by atomic mass is 10.3. The second kappa shape index (κ2) is 5.84. The SMILES string of the molecule is Nc1cc(C(=O)N(Cc2ccco2)Cc2cccs2)[nH]n1. The van der Waals surface area contributed by atoms with Gasteiger partial charge in [-0.05, 0) is 23.6 Å². The third-order valence-electron chi connectivity index (χ3n) is 2.97. The molecule has 0 aliphatic carbocycles. The van der Waals surface area contributed by atoms with Crippen molar-refractivity contribution in [3.63, 3.8) is 0 Å². The number of nitrogens with zero attached hydrogens (tertiary/aromatic N) is 2. The van der Waals surface area contributed by atoms with Gasteiger partial charge in [-0.15, -0.1) is 11.3 Å². The van der Waals surface area contributed by atoms with Gasteiger partial charge in [0.2, 0.25) is 0 Å². The fourth-order valence-electron chi connectivity index (χ4n) is 2.00. The zero-order valence-corrected chi connectivity index (χ0v) is 12.0. The normalized spacial score (nSPS) is 10.7. The van der Waals surface area contributed by atoms with E-state index in [4.69, 9.17) is 10.2 Å². The molecular formula is C14H14N4O2S. The summed E-state index contributed by atoms with van der Waals surface area (Å²) in [5.74, 6) is 0.865. The molecular weight excluding hydrogens is 288 g/mol. The van der Waals surface area contributed by atoms with Gasteiger partial charge in [-0.2, -0.15) is 5.10 Å². The standard InChI is InChI=1S/C14H14N4O2S/c15-13-7-12(16-17-13)14(19)18(8-10-3-1-5-20-10)9-11-4-2-6-21-11/h1-7H,8-9H2,(H3,15,16,17). The first kappa shape index (κ1) is 13.4. The molecule has 7 heteroatoms. The number of nitrogens with one attached hydrogen (secondary N) is 1. The van der Waals surface area contributed by atoms with E-state index in [9.17, 15) is 4.79 Å².